The Hall–Kier alpha value is -0.970. The van der Waals surface area contributed by atoms with Crippen LogP contribution in [0.1, 0.15) is 24.6 Å². The molecule has 1 fully saturated rings. The second-order valence-electron chi connectivity index (χ2n) is 6.29. The van der Waals surface area contributed by atoms with Crippen LogP contribution in [0.3, 0.4) is 0 Å². The molecule has 0 spiro atoms. The lowest BCUT2D eigenvalue weighted by atomic mass is 10.2. The number of aromatic nitrogens is 1. The van der Waals surface area contributed by atoms with Gasteiger partial charge in [-0.15, -0.1) is 0 Å². The van der Waals surface area contributed by atoms with Gasteiger partial charge in [-0.2, -0.15) is 0 Å². The van der Waals surface area contributed by atoms with Crippen molar-refractivity contribution < 1.29 is 0 Å². The van der Waals surface area contributed by atoms with Crippen LogP contribution in [-0.4, -0.2) is 73.0 Å². The molecule has 1 saturated heterocycles. The molecule has 1 aromatic heterocycles. The molecule has 118 valence electrons. The Kier molecular flexibility index (Phi) is 6.61. The minimum Gasteiger partial charge on any atom is -0.309 e. The Labute approximate surface area is 129 Å². The van der Waals surface area contributed by atoms with Gasteiger partial charge in [-0.1, -0.05) is 13.0 Å². The first-order valence-electron chi connectivity index (χ1n) is 8.20. The lowest BCUT2D eigenvalue weighted by molar-refractivity contribution is 0.123. The SMILES string of the molecule is CCc1ccc(CN2CCN(CCCN(C)C)CC2)nc1. The normalized spacial score (nSPS) is 17.5. The van der Waals surface area contributed by atoms with Gasteiger partial charge in [0.15, 0.2) is 0 Å². The van der Waals surface area contributed by atoms with Crippen molar-refractivity contribution in [3.63, 3.8) is 0 Å². The van der Waals surface area contributed by atoms with E-state index in [-0.39, 0.29) is 0 Å². The average Bonchev–Trinajstić information content (AvgIpc) is 2.49. The standard InChI is InChI=1S/C17H30N4/c1-4-16-6-7-17(18-14-16)15-21-12-10-20(11-13-21)9-5-8-19(2)3/h6-7,14H,4-5,8-13,15H2,1-3H3. The molecule has 0 atom stereocenters. The van der Waals surface area contributed by atoms with E-state index in [2.05, 4.69) is 52.8 Å². The molecule has 0 aromatic carbocycles. The van der Waals surface area contributed by atoms with Gasteiger partial charge in [-0.3, -0.25) is 9.88 Å². The highest BCUT2D eigenvalue weighted by Crippen LogP contribution is 2.08. The lowest BCUT2D eigenvalue weighted by Crippen LogP contribution is -2.46. The molecule has 1 aliphatic rings. The predicted octanol–water partition coefficient (Wildman–Crippen LogP) is 1.71. The molecule has 2 heterocycles. The molecule has 21 heavy (non-hydrogen) atoms. The van der Waals surface area contributed by atoms with E-state index in [0.29, 0.717) is 0 Å². The van der Waals surface area contributed by atoms with E-state index in [1.165, 1.54) is 56.9 Å². The zero-order valence-electron chi connectivity index (χ0n) is 13.9. The molecular formula is C17H30N4. The molecule has 0 radical (unpaired) electrons. The summed E-state index contributed by atoms with van der Waals surface area (Å²) in [5, 5.41) is 0. The van der Waals surface area contributed by atoms with Crippen LogP contribution in [0.5, 0.6) is 0 Å². The number of nitrogens with zero attached hydrogens (tertiary/aromatic N) is 4. The van der Waals surface area contributed by atoms with E-state index in [9.17, 15) is 0 Å². The Bertz CT molecular complexity index is 394. The third kappa shape index (κ3) is 5.73. The largest absolute Gasteiger partial charge is 0.309 e. The van der Waals surface area contributed by atoms with Gasteiger partial charge >= 0.3 is 0 Å². The summed E-state index contributed by atoms with van der Waals surface area (Å²) >= 11 is 0. The van der Waals surface area contributed by atoms with E-state index >= 15 is 0 Å². The number of pyridine rings is 1. The van der Waals surface area contributed by atoms with Crippen molar-refractivity contribution in [2.75, 3.05) is 53.4 Å². The fourth-order valence-corrected chi connectivity index (χ4v) is 2.77. The zero-order chi connectivity index (χ0) is 15.1. The molecular weight excluding hydrogens is 260 g/mol. The summed E-state index contributed by atoms with van der Waals surface area (Å²) in [5.74, 6) is 0. The van der Waals surface area contributed by atoms with Gasteiger partial charge in [0.1, 0.15) is 0 Å². The van der Waals surface area contributed by atoms with E-state index < -0.39 is 0 Å². The Morgan fingerprint density at radius 3 is 2.38 bits per heavy atom. The maximum atomic E-state index is 4.57. The number of rotatable bonds is 7. The van der Waals surface area contributed by atoms with Crippen molar-refractivity contribution in [2.45, 2.75) is 26.3 Å². The van der Waals surface area contributed by atoms with Crippen LogP contribution in [-0.2, 0) is 13.0 Å². The molecule has 0 unspecified atom stereocenters. The van der Waals surface area contributed by atoms with Gasteiger partial charge in [0.2, 0.25) is 0 Å². The molecule has 0 N–H and O–H groups in total. The van der Waals surface area contributed by atoms with E-state index in [1.807, 2.05) is 6.20 Å². The maximum Gasteiger partial charge on any atom is 0.0544 e. The summed E-state index contributed by atoms with van der Waals surface area (Å²) in [6.07, 6.45) is 4.36. The van der Waals surface area contributed by atoms with Crippen molar-refractivity contribution in [2.24, 2.45) is 0 Å². The van der Waals surface area contributed by atoms with Gasteiger partial charge in [0.25, 0.3) is 0 Å². The highest BCUT2D eigenvalue weighted by molar-refractivity contribution is 5.13. The van der Waals surface area contributed by atoms with Crippen LogP contribution in [0.2, 0.25) is 0 Å². The first-order valence-corrected chi connectivity index (χ1v) is 8.20. The van der Waals surface area contributed by atoms with Crippen LogP contribution in [0, 0.1) is 0 Å². The summed E-state index contributed by atoms with van der Waals surface area (Å²) in [7, 11) is 4.30. The van der Waals surface area contributed by atoms with Crippen molar-refractivity contribution in [3.05, 3.63) is 29.6 Å². The summed E-state index contributed by atoms with van der Waals surface area (Å²) < 4.78 is 0. The van der Waals surface area contributed by atoms with E-state index in [1.54, 1.807) is 0 Å². The molecule has 0 amide bonds. The quantitative estimate of drug-likeness (QED) is 0.762. The second kappa shape index (κ2) is 8.47. The Morgan fingerprint density at radius 1 is 1.10 bits per heavy atom. The first-order chi connectivity index (χ1) is 10.2. The predicted molar refractivity (Wildman–Crippen MR) is 88.5 cm³/mol. The maximum absolute atomic E-state index is 4.57. The Morgan fingerprint density at radius 2 is 1.81 bits per heavy atom. The number of hydrogen-bond donors (Lipinski definition) is 0. The van der Waals surface area contributed by atoms with Gasteiger partial charge in [-0.25, -0.2) is 0 Å². The van der Waals surface area contributed by atoms with Crippen LogP contribution < -0.4 is 0 Å². The molecule has 0 aliphatic carbocycles. The van der Waals surface area contributed by atoms with Crippen molar-refractivity contribution in [1.29, 1.82) is 0 Å². The highest BCUT2D eigenvalue weighted by atomic mass is 15.3. The van der Waals surface area contributed by atoms with E-state index in [4.69, 9.17) is 0 Å². The highest BCUT2D eigenvalue weighted by Gasteiger charge is 2.16. The summed E-state index contributed by atoms with van der Waals surface area (Å²) in [5.41, 5.74) is 2.53. The molecule has 1 aromatic rings. The third-order valence-electron chi connectivity index (χ3n) is 4.22. The summed E-state index contributed by atoms with van der Waals surface area (Å²) in [6, 6.07) is 4.39. The van der Waals surface area contributed by atoms with Crippen LogP contribution in [0.25, 0.3) is 0 Å². The molecule has 0 saturated carbocycles. The summed E-state index contributed by atoms with van der Waals surface area (Å²) in [6.45, 7) is 10.3. The van der Waals surface area contributed by atoms with Gasteiger partial charge in [0.05, 0.1) is 5.69 Å². The minimum atomic E-state index is 0.996. The third-order valence-corrected chi connectivity index (χ3v) is 4.22. The van der Waals surface area contributed by atoms with Crippen molar-refractivity contribution >= 4 is 0 Å². The molecule has 4 heteroatoms. The smallest absolute Gasteiger partial charge is 0.0544 e. The van der Waals surface area contributed by atoms with Gasteiger partial charge < -0.3 is 9.80 Å². The second-order valence-corrected chi connectivity index (χ2v) is 6.29. The fourth-order valence-electron chi connectivity index (χ4n) is 2.77. The van der Waals surface area contributed by atoms with Crippen molar-refractivity contribution in [1.82, 2.24) is 19.7 Å². The first kappa shape index (κ1) is 16.4. The Balaban J connectivity index is 1.68. The topological polar surface area (TPSA) is 22.6 Å². The molecule has 0 bridgehead atoms. The van der Waals surface area contributed by atoms with Crippen molar-refractivity contribution in [3.8, 4) is 0 Å². The van der Waals surface area contributed by atoms with Gasteiger partial charge in [-0.05, 0) is 51.7 Å². The molecule has 1 aliphatic heterocycles. The number of hydrogen-bond acceptors (Lipinski definition) is 4. The van der Waals surface area contributed by atoms with Crippen LogP contribution in [0.15, 0.2) is 18.3 Å². The van der Waals surface area contributed by atoms with Crippen LogP contribution >= 0.6 is 0 Å². The molecule has 4 nitrogen and oxygen atoms in total. The summed E-state index contributed by atoms with van der Waals surface area (Å²) in [4.78, 5) is 12.0. The average molecular weight is 290 g/mol. The minimum absolute atomic E-state index is 0.996. The van der Waals surface area contributed by atoms with Crippen LogP contribution in [0.4, 0.5) is 0 Å². The monoisotopic (exact) mass is 290 g/mol. The van der Waals surface area contributed by atoms with E-state index in [0.717, 1.165) is 13.0 Å². The zero-order valence-corrected chi connectivity index (χ0v) is 13.9. The molecule has 2 rings (SSSR count). The number of piperazine rings is 1. The van der Waals surface area contributed by atoms with Gasteiger partial charge in [0, 0.05) is 38.9 Å². The number of aryl methyl sites for hydroxylation is 1. The lowest BCUT2D eigenvalue weighted by Gasteiger charge is -2.34. The fraction of sp³-hybridized carbons (Fsp3) is 0.706.